The minimum atomic E-state index is -1.09. The highest BCUT2D eigenvalue weighted by Crippen LogP contribution is 2.28. The average Bonchev–Trinajstić information content (AvgIpc) is 2.45. The zero-order valence-corrected chi connectivity index (χ0v) is 12.5. The van der Waals surface area contributed by atoms with Crippen LogP contribution >= 0.6 is 11.8 Å². The molecular weight excluding hydrogens is 262 g/mol. The molecule has 0 radical (unpaired) electrons. The number of hydrogen-bond donors (Lipinski definition) is 0. The molecule has 4 nitrogen and oxygen atoms in total. The highest BCUT2D eigenvalue weighted by atomic mass is 32.2. The molecule has 1 aromatic rings. The van der Waals surface area contributed by atoms with Gasteiger partial charge in [-0.05, 0) is 25.7 Å². The van der Waals surface area contributed by atoms with Gasteiger partial charge in [0.25, 0.3) is 0 Å². The number of methoxy groups -OCH3 is 1. The average molecular weight is 281 g/mol. The summed E-state index contributed by atoms with van der Waals surface area (Å²) in [4.78, 5) is 16.7. The Morgan fingerprint density at radius 2 is 2.00 bits per heavy atom. The topological polar surface area (TPSA) is 47.9 Å². The van der Waals surface area contributed by atoms with Gasteiger partial charge in [0.1, 0.15) is 0 Å². The summed E-state index contributed by atoms with van der Waals surface area (Å²) in [5, 5.41) is 0.444. The van der Waals surface area contributed by atoms with E-state index in [9.17, 15) is 4.79 Å². The molecule has 0 aliphatic rings. The third-order valence-corrected chi connectivity index (χ3v) is 3.28. The van der Waals surface area contributed by atoms with Crippen molar-refractivity contribution < 1.29 is 14.3 Å². The normalized spacial score (nSPS) is 14.6. The maximum Gasteiger partial charge on any atom is 0.338 e. The van der Waals surface area contributed by atoms with E-state index in [0.29, 0.717) is 11.8 Å². The summed E-state index contributed by atoms with van der Waals surface area (Å²) in [6.45, 7) is 3.83. The van der Waals surface area contributed by atoms with Crippen LogP contribution in [0.4, 0.5) is 0 Å². The van der Waals surface area contributed by atoms with Crippen molar-refractivity contribution in [1.29, 1.82) is 0 Å². The molecule has 0 aliphatic heterocycles. The number of benzene rings is 1. The number of esters is 1. The Bertz CT molecular complexity index is 441. The van der Waals surface area contributed by atoms with Gasteiger partial charge in [0.05, 0.1) is 13.7 Å². The van der Waals surface area contributed by atoms with Gasteiger partial charge >= 0.3 is 5.97 Å². The number of thioether (sulfide) groups is 1. The van der Waals surface area contributed by atoms with Crippen molar-refractivity contribution in [2.75, 3.05) is 20.0 Å². The second-order valence-electron chi connectivity index (χ2n) is 3.94. The molecule has 1 rings (SSSR count). The fourth-order valence-corrected chi connectivity index (χ4v) is 2.06. The lowest BCUT2D eigenvalue weighted by atomic mass is 9.93. The van der Waals surface area contributed by atoms with E-state index in [-0.39, 0.29) is 5.97 Å². The quantitative estimate of drug-likeness (QED) is 0.484. The summed E-state index contributed by atoms with van der Waals surface area (Å²) in [6, 6.07) is 9.34. The van der Waals surface area contributed by atoms with E-state index in [4.69, 9.17) is 9.47 Å². The Morgan fingerprint density at radius 3 is 2.47 bits per heavy atom. The molecule has 0 amide bonds. The number of nitrogens with zero attached hydrogens (tertiary/aromatic N) is 1. The van der Waals surface area contributed by atoms with E-state index >= 15 is 0 Å². The molecule has 1 unspecified atom stereocenters. The zero-order chi connectivity index (χ0) is 14.3. The third kappa shape index (κ3) is 3.73. The van der Waals surface area contributed by atoms with Gasteiger partial charge in [0, 0.05) is 0 Å². The maximum atomic E-state index is 12.2. The van der Waals surface area contributed by atoms with Crippen LogP contribution in [0.2, 0.25) is 0 Å². The summed E-state index contributed by atoms with van der Waals surface area (Å²) in [5.41, 5.74) is -0.317. The Morgan fingerprint density at radius 1 is 1.37 bits per heavy atom. The van der Waals surface area contributed by atoms with E-state index in [1.165, 1.54) is 18.9 Å². The second kappa shape index (κ2) is 7.19. The fourth-order valence-electron chi connectivity index (χ4n) is 1.62. The molecular formula is C14H19NO3S. The van der Waals surface area contributed by atoms with Gasteiger partial charge in [-0.3, -0.25) is 0 Å². The van der Waals surface area contributed by atoms with Crippen LogP contribution in [-0.2, 0) is 19.8 Å². The Kier molecular flexibility index (Phi) is 5.89. The molecule has 19 heavy (non-hydrogen) atoms. The minimum absolute atomic E-state index is 0.318. The number of carbonyl (C=O) groups is 1. The van der Waals surface area contributed by atoms with Gasteiger partial charge in [-0.15, -0.1) is 0 Å². The molecule has 0 fully saturated rings. The molecule has 0 saturated carbocycles. The number of aliphatic imine (C=N–C) groups is 1. The van der Waals surface area contributed by atoms with Gasteiger partial charge in [-0.2, -0.15) is 0 Å². The molecule has 1 aromatic carbocycles. The molecule has 0 bridgehead atoms. The Labute approximate surface area is 118 Å². The van der Waals surface area contributed by atoms with Crippen LogP contribution in [0.1, 0.15) is 19.4 Å². The summed E-state index contributed by atoms with van der Waals surface area (Å²) >= 11 is 1.35. The fraction of sp³-hybridized carbons (Fsp3) is 0.429. The van der Waals surface area contributed by atoms with Crippen molar-refractivity contribution in [3.63, 3.8) is 0 Å². The molecule has 0 saturated heterocycles. The summed E-state index contributed by atoms with van der Waals surface area (Å²) in [6.07, 6.45) is 1.85. The molecule has 5 heteroatoms. The first kappa shape index (κ1) is 15.6. The van der Waals surface area contributed by atoms with E-state index in [0.717, 1.165) is 5.56 Å². The zero-order valence-electron chi connectivity index (χ0n) is 11.7. The van der Waals surface area contributed by atoms with Crippen LogP contribution in [0, 0.1) is 0 Å². The summed E-state index contributed by atoms with van der Waals surface area (Å²) in [5.74, 6) is -0.384. The van der Waals surface area contributed by atoms with Crippen molar-refractivity contribution in [2.24, 2.45) is 4.99 Å². The van der Waals surface area contributed by atoms with Gasteiger partial charge in [-0.25, -0.2) is 9.79 Å². The second-order valence-corrected chi connectivity index (χ2v) is 4.70. The van der Waals surface area contributed by atoms with Gasteiger partial charge < -0.3 is 9.47 Å². The number of ether oxygens (including phenoxy) is 2. The third-order valence-electron chi connectivity index (χ3n) is 2.67. The number of hydrogen-bond acceptors (Lipinski definition) is 5. The van der Waals surface area contributed by atoms with Gasteiger partial charge in [0.2, 0.25) is 5.23 Å². The first-order valence-corrected chi connectivity index (χ1v) is 7.21. The van der Waals surface area contributed by atoms with Crippen LogP contribution < -0.4 is 0 Å². The van der Waals surface area contributed by atoms with Gasteiger partial charge in [0.15, 0.2) is 5.54 Å². The standard InChI is InChI=1S/C14H19NO3S/c1-5-18-12(16)14(2,15-13(17-3)19-4)11-9-7-6-8-10-11/h6-10H,5H2,1-4H3. The van der Waals surface area contributed by atoms with Crippen LogP contribution in [0.25, 0.3) is 0 Å². The van der Waals surface area contributed by atoms with Crippen LogP contribution in [0.3, 0.4) is 0 Å². The molecule has 0 aliphatic carbocycles. The molecule has 0 aromatic heterocycles. The molecule has 104 valence electrons. The number of carbonyl (C=O) groups excluding carboxylic acids is 1. The van der Waals surface area contributed by atoms with Crippen molar-refractivity contribution in [3.05, 3.63) is 35.9 Å². The summed E-state index contributed by atoms with van der Waals surface area (Å²) < 4.78 is 10.3. The lowest BCUT2D eigenvalue weighted by molar-refractivity contribution is -0.149. The van der Waals surface area contributed by atoms with E-state index in [1.807, 2.05) is 36.6 Å². The molecule has 0 heterocycles. The molecule has 0 spiro atoms. The van der Waals surface area contributed by atoms with E-state index in [2.05, 4.69) is 4.99 Å². The predicted octanol–water partition coefficient (Wildman–Crippen LogP) is 2.83. The monoisotopic (exact) mass is 281 g/mol. The highest BCUT2D eigenvalue weighted by molar-refractivity contribution is 8.12. The Hall–Kier alpha value is -1.49. The molecule has 1 atom stereocenters. The minimum Gasteiger partial charge on any atom is -0.476 e. The highest BCUT2D eigenvalue weighted by Gasteiger charge is 2.37. The summed E-state index contributed by atoms with van der Waals surface area (Å²) in [7, 11) is 1.53. The smallest absolute Gasteiger partial charge is 0.338 e. The van der Waals surface area contributed by atoms with Crippen LogP contribution in [0.15, 0.2) is 35.3 Å². The molecule has 0 N–H and O–H groups in total. The van der Waals surface area contributed by atoms with E-state index in [1.54, 1.807) is 13.8 Å². The van der Waals surface area contributed by atoms with Gasteiger partial charge in [-0.1, -0.05) is 42.1 Å². The lowest BCUT2D eigenvalue weighted by Crippen LogP contribution is -2.33. The Balaban J connectivity index is 3.25. The van der Waals surface area contributed by atoms with Crippen molar-refractivity contribution in [3.8, 4) is 0 Å². The SMILES string of the molecule is CCOC(=O)C(C)(N=C(OC)SC)c1ccccc1. The lowest BCUT2D eigenvalue weighted by Gasteiger charge is -2.24. The first-order valence-electron chi connectivity index (χ1n) is 5.99. The number of rotatable bonds is 4. The van der Waals surface area contributed by atoms with Crippen LogP contribution in [-0.4, -0.2) is 31.2 Å². The van der Waals surface area contributed by atoms with E-state index < -0.39 is 5.54 Å². The largest absolute Gasteiger partial charge is 0.476 e. The van der Waals surface area contributed by atoms with Crippen molar-refractivity contribution in [1.82, 2.24) is 0 Å². The van der Waals surface area contributed by atoms with Crippen molar-refractivity contribution >= 4 is 23.0 Å². The predicted molar refractivity (Wildman–Crippen MR) is 78.4 cm³/mol. The maximum absolute atomic E-state index is 12.2. The van der Waals surface area contributed by atoms with Crippen LogP contribution in [0.5, 0.6) is 0 Å². The first-order chi connectivity index (χ1) is 9.08. The van der Waals surface area contributed by atoms with Crippen molar-refractivity contribution in [2.45, 2.75) is 19.4 Å².